The van der Waals surface area contributed by atoms with Crippen LogP contribution < -0.4 is 10.9 Å². The fourth-order valence-electron chi connectivity index (χ4n) is 2.42. The van der Waals surface area contributed by atoms with Gasteiger partial charge in [0.25, 0.3) is 5.91 Å². The summed E-state index contributed by atoms with van der Waals surface area (Å²) in [6.07, 6.45) is 2.25. The van der Waals surface area contributed by atoms with Gasteiger partial charge >= 0.3 is 0 Å². The highest BCUT2D eigenvalue weighted by Gasteiger charge is 2.18. The zero-order chi connectivity index (χ0) is 13.7. The van der Waals surface area contributed by atoms with Gasteiger partial charge in [-0.3, -0.25) is 9.59 Å². The topological polar surface area (TPSA) is 65.2 Å². The zero-order valence-electron chi connectivity index (χ0n) is 11.3. The molecule has 5 nitrogen and oxygen atoms in total. The fraction of sp³-hybridized carbons (Fsp3) is 0.571. The highest BCUT2D eigenvalue weighted by molar-refractivity contribution is 5.92. The predicted octanol–water partition coefficient (Wildman–Crippen LogP) is 0.837. The monoisotopic (exact) mass is 263 g/mol. The lowest BCUT2D eigenvalue weighted by Gasteiger charge is -2.30. The van der Waals surface area contributed by atoms with Crippen LogP contribution in [0, 0.1) is 5.92 Å². The van der Waals surface area contributed by atoms with E-state index in [4.69, 9.17) is 0 Å². The number of nitrogens with zero attached hydrogens (tertiary/aromatic N) is 1. The summed E-state index contributed by atoms with van der Waals surface area (Å²) < 4.78 is 0. The molecular weight excluding hydrogens is 242 g/mol. The number of piperidine rings is 1. The first-order valence-electron chi connectivity index (χ1n) is 6.89. The number of aromatic amines is 1. The molecule has 1 aromatic heterocycles. The third kappa shape index (κ3) is 3.92. The highest BCUT2D eigenvalue weighted by atomic mass is 16.2. The molecule has 1 saturated heterocycles. The van der Waals surface area contributed by atoms with E-state index in [0.717, 1.165) is 32.5 Å². The normalized spacial score (nSPS) is 17.3. The SMILES string of the molecule is CCN1CCC(CNC(=O)c2cccc(=O)[nH]2)CC1. The molecular formula is C14H21N3O2. The van der Waals surface area contributed by atoms with Gasteiger partial charge in [-0.05, 0) is 44.5 Å². The molecule has 0 bridgehead atoms. The molecule has 1 amide bonds. The van der Waals surface area contributed by atoms with Crippen LogP contribution >= 0.6 is 0 Å². The Hall–Kier alpha value is -1.62. The Morgan fingerprint density at radius 3 is 2.79 bits per heavy atom. The summed E-state index contributed by atoms with van der Waals surface area (Å²) in [6.45, 7) is 6.18. The van der Waals surface area contributed by atoms with Gasteiger partial charge in [-0.15, -0.1) is 0 Å². The molecule has 0 spiro atoms. The van der Waals surface area contributed by atoms with Crippen molar-refractivity contribution in [3.05, 3.63) is 34.2 Å². The van der Waals surface area contributed by atoms with E-state index >= 15 is 0 Å². The largest absolute Gasteiger partial charge is 0.350 e. The Morgan fingerprint density at radius 2 is 2.16 bits per heavy atom. The van der Waals surface area contributed by atoms with Crippen LogP contribution in [0.2, 0.25) is 0 Å². The lowest BCUT2D eigenvalue weighted by atomic mass is 9.97. The molecule has 2 rings (SSSR count). The predicted molar refractivity (Wildman–Crippen MR) is 74.2 cm³/mol. The van der Waals surface area contributed by atoms with Gasteiger partial charge in [0.2, 0.25) is 5.56 Å². The van der Waals surface area contributed by atoms with E-state index in [9.17, 15) is 9.59 Å². The number of H-pyrrole nitrogens is 1. The number of carbonyl (C=O) groups excluding carboxylic acids is 1. The number of hydrogen-bond donors (Lipinski definition) is 2. The van der Waals surface area contributed by atoms with Gasteiger partial charge in [0.05, 0.1) is 0 Å². The van der Waals surface area contributed by atoms with Crippen molar-refractivity contribution in [1.29, 1.82) is 0 Å². The lowest BCUT2D eigenvalue weighted by Crippen LogP contribution is -2.38. The molecule has 0 saturated carbocycles. The standard InChI is InChI=1S/C14H21N3O2/c1-2-17-8-6-11(7-9-17)10-15-14(19)12-4-3-5-13(18)16-12/h3-5,11H,2,6-10H2,1H3,(H,15,19)(H,16,18). The number of aromatic nitrogens is 1. The Bertz CT molecular complexity index is 476. The van der Waals surface area contributed by atoms with Crippen molar-refractivity contribution in [3.63, 3.8) is 0 Å². The van der Waals surface area contributed by atoms with Crippen LogP contribution in [-0.2, 0) is 0 Å². The van der Waals surface area contributed by atoms with E-state index in [1.54, 1.807) is 12.1 Å². The number of nitrogens with one attached hydrogen (secondary N) is 2. The van der Waals surface area contributed by atoms with Gasteiger partial charge in [-0.1, -0.05) is 13.0 Å². The van der Waals surface area contributed by atoms with Crippen LogP contribution in [0.25, 0.3) is 0 Å². The number of rotatable bonds is 4. The summed E-state index contributed by atoms with van der Waals surface area (Å²) in [5, 5.41) is 2.90. The maximum atomic E-state index is 11.9. The molecule has 0 aliphatic carbocycles. The van der Waals surface area contributed by atoms with Crippen LogP contribution in [0.1, 0.15) is 30.3 Å². The molecule has 104 valence electrons. The van der Waals surface area contributed by atoms with Crippen molar-refractivity contribution >= 4 is 5.91 Å². The van der Waals surface area contributed by atoms with Crippen LogP contribution in [0.4, 0.5) is 0 Å². The summed E-state index contributed by atoms with van der Waals surface area (Å²) in [5.74, 6) is 0.345. The minimum atomic E-state index is -0.246. The van der Waals surface area contributed by atoms with Gasteiger partial charge in [0, 0.05) is 12.6 Å². The van der Waals surface area contributed by atoms with Gasteiger partial charge < -0.3 is 15.2 Å². The second-order valence-electron chi connectivity index (χ2n) is 5.02. The van der Waals surface area contributed by atoms with Gasteiger partial charge in [0.1, 0.15) is 5.69 Å². The number of pyridine rings is 1. The van der Waals surface area contributed by atoms with Crippen LogP contribution in [0.15, 0.2) is 23.0 Å². The Kier molecular flexibility index (Phi) is 4.74. The number of hydrogen-bond acceptors (Lipinski definition) is 3. The van der Waals surface area contributed by atoms with Crippen LogP contribution in [0.3, 0.4) is 0 Å². The quantitative estimate of drug-likeness (QED) is 0.846. The first kappa shape index (κ1) is 13.8. The second kappa shape index (κ2) is 6.52. The van der Waals surface area contributed by atoms with E-state index in [1.165, 1.54) is 6.07 Å². The number of likely N-dealkylation sites (tertiary alicyclic amines) is 1. The van der Waals surface area contributed by atoms with Crippen LogP contribution in [0.5, 0.6) is 0 Å². The molecule has 5 heteroatoms. The van der Waals surface area contributed by atoms with Crippen molar-refractivity contribution in [2.24, 2.45) is 5.92 Å². The van der Waals surface area contributed by atoms with Gasteiger partial charge in [-0.25, -0.2) is 0 Å². The molecule has 0 aromatic carbocycles. The smallest absolute Gasteiger partial charge is 0.267 e. The van der Waals surface area contributed by atoms with Gasteiger partial charge in [0.15, 0.2) is 0 Å². The maximum Gasteiger partial charge on any atom is 0.267 e. The van der Waals surface area contributed by atoms with E-state index < -0.39 is 0 Å². The third-order valence-electron chi connectivity index (χ3n) is 3.72. The third-order valence-corrected chi connectivity index (χ3v) is 3.72. The molecule has 0 atom stereocenters. The average molecular weight is 263 g/mol. The molecule has 2 N–H and O–H groups in total. The lowest BCUT2D eigenvalue weighted by molar-refractivity contribution is 0.0931. The first-order valence-corrected chi connectivity index (χ1v) is 6.89. The summed E-state index contributed by atoms with van der Waals surface area (Å²) >= 11 is 0. The molecule has 0 unspecified atom stereocenters. The Balaban J connectivity index is 1.80. The van der Waals surface area contributed by atoms with Crippen molar-refractivity contribution in [3.8, 4) is 0 Å². The number of carbonyl (C=O) groups is 1. The van der Waals surface area contributed by atoms with Gasteiger partial charge in [-0.2, -0.15) is 0 Å². The molecule has 1 fully saturated rings. The number of amides is 1. The van der Waals surface area contributed by atoms with E-state index in [2.05, 4.69) is 22.1 Å². The maximum absolute atomic E-state index is 11.9. The summed E-state index contributed by atoms with van der Waals surface area (Å²) in [7, 11) is 0. The molecule has 2 heterocycles. The van der Waals surface area contributed by atoms with Crippen molar-refractivity contribution in [1.82, 2.24) is 15.2 Å². The Morgan fingerprint density at radius 1 is 1.42 bits per heavy atom. The highest BCUT2D eigenvalue weighted by Crippen LogP contribution is 2.15. The first-order chi connectivity index (χ1) is 9.19. The summed E-state index contributed by atoms with van der Waals surface area (Å²) in [6, 6.07) is 4.61. The van der Waals surface area contributed by atoms with Crippen LogP contribution in [-0.4, -0.2) is 42.0 Å². The minimum absolute atomic E-state index is 0.198. The molecule has 1 aromatic rings. The second-order valence-corrected chi connectivity index (χ2v) is 5.02. The molecule has 1 aliphatic heterocycles. The zero-order valence-corrected chi connectivity index (χ0v) is 11.3. The Labute approximate surface area is 113 Å². The van der Waals surface area contributed by atoms with E-state index in [-0.39, 0.29) is 11.5 Å². The summed E-state index contributed by atoms with van der Waals surface area (Å²) in [4.78, 5) is 28.0. The van der Waals surface area contributed by atoms with Crippen molar-refractivity contribution in [2.75, 3.05) is 26.2 Å². The summed E-state index contributed by atoms with van der Waals surface area (Å²) in [5.41, 5.74) is 0.0856. The molecule has 19 heavy (non-hydrogen) atoms. The molecule has 0 radical (unpaired) electrons. The fourth-order valence-corrected chi connectivity index (χ4v) is 2.42. The van der Waals surface area contributed by atoms with Crippen molar-refractivity contribution < 1.29 is 4.79 Å². The minimum Gasteiger partial charge on any atom is -0.350 e. The van der Waals surface area contributed by atoms with E-state index in [1.807, 2.05) is 0 Å². The molecule has 1 aliphatic rings. The average Bonchev–Trinajstić information content (AvgIpc) is 2.45. The van der Waals surface area contributed by atoms with Crippen molar-refractivity contribution in [2.45, 2.75) is 19.8 Å². The van der Waals surface area contributed by atoms with E-state index in [0.29, 0.717) is 18.2 Å².